The number of carboxylic acid groups (broad SMARTS) is 1. The number of aliphatic carboxylic acids is 1. The normalized spacial score (nSPS) is 15.4. The summed E-state index contributed by atoms with van der Waals surface area (Å²) in [6.07, 6.45) is 0.609. The van der Waals surface area contributed by atoms with Gasteiger partial charge in [-0.2, -0.15) is 0 Å². The number of benzene rings is 4. The Bertz CT molecular complexity index is 1380. The molecule has 5 nitrogen and oxygen atoms in total. The molecule has 0 aromatic heterocycles. The number of carbonyl (C=O) groups is 1. The predicted octanol–water partition coefficient (Wildman–Crippen LogP) is 6.84. The minimum Gasteiger partial charge on any atom is -0.485 e. The number of fused-ring (bicyclic) bond motifs is 2. The first-order valence-corrected chi connectivity index (χ1v) is 12.5. The summed E-state index contributed by atoms with van der Waals surface area (Å²) in [7, 11) is 0. The maximum absolute atomic E-state index is 11.1. The summed E-state index contributed by atoms with van der Waals surface area (Å²) in [5, 5.41) is 15.4. The van der Waals surface area contributed by atoms with Crippen LogP contribution in [-0.2, 0) is 11.2 Å². The summed E-state index contributed by atoms with van der Waals surface area (Å²) in [6, 6.07) is 29.6. The first-order chi connectivity index (χ1) is 17.5. The molecule has 6 heteroatoms. The van der Waals surface area contributed by atoms with E-state index in [0.29, 0.717) is 19.5 Å². The zero-order valence-corrected chi connectivity index (χ0v) is 22.0. The van der Waals surface area contributed by atoms with E-state index >= 15 is 0 Å². The van der Waals surface area contributed by atoms with Crippen molar-refractivity contribution in [3.63, 3.8) is 0 Å². The fourth-order valence-electron chi connectivity index (χ4n) is 5.03. The van der Waals surface area contributed by atoms with Crippen LogP contribution in [-0.4, -0.2) is 30.3 Å². The molecule has 1 aliphatic heterocycles. The molecule has 0 radical (unpaired) electrons. The first-order valence-electron chi connectivity index (χ1n) is 12.5. The second kappa shape index (κ2) is 11.7. The summed E-state index contributed by atoms with van der Waals surface area (Å²) in [5.41, 5.74) is 5.55. The van der Waals surface area contributed by atoms with Crippen molar-refractivity contribution < 1.29 is 14.6 Å². The number of ether oxygens (including phenoxy) is 1. The lowest BCUT2D eigenvalue weighted by Gasteiger charge is -2.37. The summed E-state index contributed by atoms with van der Waals surface area (Å²) in [5.74, 6) is 0.0870. The Hall–Kier alpha value is -3.54. The van der Waals surface area contributed by atoms with E-state index in [2.05, 4.69) is 83.9 Å². The molecule has 0 fully saturated rings. The molecule has 0 saturated carbocycles. The fraction of sp³-hybridized carbons (Fsp3) is 0.258. The van der Waals surface area contributed by atoms with Gasteiger partial charge in [0.15, 0.2) is 0 Å². The standard InChI is InChI=1S/C31H32N2O3.ClH/c1-21-14-16-25(18-24(21)15-17-31(34)35)33-20-26(36-30-13-6-5-12-29(30)33)19-32-22(2)27-11-7-9-23-8-3-4-10-28(23)27;/h3-14,16,18,22,26,32H,15,17,19-20H2,1-2H3,(H,34,35);1H/t22-,26?;/m1./s1. The smallest absolute Gasteiger partial charge is 0.303 e. The van der Waals surface area contributed by atoms with Crippen molar-refractivity contribution in [2.75, 3.05) is 18.0 Å². The molecule has 4 aromatic carbocycles. The van der Waals surface area contributed by atoms with Gasteiger partial charge in [-0.15, -0.1) is 12.4 Å². The molecule has 0 spiro atoms. The number of hydrogen-bond donors (Lipinski definition) is 2. The van der Waals surface area contributed by atoms with E-state index in [1.807, 2.05) is 25.1 Å². The highest BCUT2D eigenvalue weighted by Gasteiger charge is 2.27. The van der Waals surface area contributed by atoms with Crippen molar-refractivity contribution in [1.29, 1.82) is 0 Å². The van der Waals surface area contributed by atoms with Gasteiger partial charge in [0.2, 0.25) is 0 Å². The van der Waals surface area contributed by atoms with Gasteiger partial charge in [-0.05, 0) is 72.0 Å². The van der Waals surface area contributed by atoms with Crippen LogP contribution < -0.4 is 15.0 Å². The van der Waals surface area contributed by atoms with Crippen molar-refractivity contribution in [2.24, 2.45) is 0 Å². The molecule has 192 valence electrons. The summed E-state index contributed by atoms with van der Waals surface area (Å²) < 4.78 is 6.41. The highest BCUT2D eigenvalue weighted by atomic mass is 35.5. The van der Waals surface area contributed by atoms with Crippen molar-refractivity contribution in [3.05, 3.63) is 102 Å². The molecular formula is C31H33ClN2O3. The molecule has 0 bridgehead atoms. The molecule has 2 atom stereocenters. The number of para-hydroxylation sites is 2. The SMILES string of the molecule is Cc1ccc(N2CC(CN[C@H](C)c3cccc4ccccc34)Oc3ccccc32)cc1CCC(=O)O.Cl. The van der Waals surface area contributed by atoms with Crippen LogP contribution in [0.25, 0.3) is 10.8 Å². The maximum Gasteiger partial charge on any atom is 0.303 e. The summed E-state index contributed by atoms with van der Waals surface area (Å²) >= 11 is 0. The fourth-order valence-corrected chi connectivity index (χ4v) is 5.03. The van der Waals surface area contributed by atoms with E-state index in [1.54, 1.807) is 0 Å². The van der Waals surface area contributed by atoms with Gasteiger partial charge in [0.25, 0.3) is 0 Å². The van der Waals surface area contributed by atoms with E-state index in [0.717, 1.165) is 28.3 Å². The van der Waals surface area contributed by atoms with E-state index in [1.165, 1.54) is 16.3 Å². The average molecular weight is 517 g/mol. The molecule has 1 unspecified atom stereocenters. The lowest BCUT2D eigenvalue weighted by molar-refractivity contribution is -0.136. The number of hydrogen-bond acceptors (Lipinski definition) is 4. The molecule has 4 aromatic rings. The van der Waals surface area contributed by atoms with Gasteiger partial charge < -0.3 is 20.1 Å². The monoisotopic (exact) mass is 516 g/mol. The van der Waals surface area contributed by atoms with Gasteiger partial charge in [0.1, 0.15) is 11.9 Å². The van der Waals surface area contributed by atoms with Crippen LogP contribution >= 0.6 is 12.4 Å². The first kappa shape index (κ1) is 26.5. The number of aryl methyl sites for hydroxylation is 2. The highest BCUT2D eigenvalue weighted by molar-refractivity contribution is 5.86. The van der Waals surface area contributed by atoms with Gasteiger partial charge in [-0.1, -0.05) is 60.7 Å². The Morgan fingerprint density at radius 3 is 2.65 bits per heavy atom. The van der Waals surface area contributed by atoms with Crippen molar-refractivity contribution in [3.8, 4) is 5.75 Å². The van der Waals surface area contributed by atoms with Gasteiger partial charge in [0, 0.05) is 24.7 Å². The topological polar surface area (TPSA) is 61.8 Å². The molecule has 5 rings (SSSR count). The molecule has 0 aliphatic carbocycles. The van der Waals surface area contributed by atoms with E-state index in [-0.39, 0.29) is 31.0 Å². The summed E-state index contributed by atoms with van der Waals surface area (Å²) in [4.78, 5) is 13.4. The van der Waals surface area contributed by atoms with Crippen LogP contribution in [0.3, 0.4) is 0 Å². The zero-order chi connectivity index (χ0) is 25.1. The third-order valence-electron chi connectivity index (χ3n) is 7.03. The number of anilines is 2. The van der Waals surface area contributed by atoms with Crippen LogP contribution in [0.4, 0.5) is 11.4 Å². The number of rotatable bonds is 8. The van der Waals surface area contributed by atoms with E-state index < -0.39 is 5.97 Å². The van der Waals surface area contributed by atoms with Crippen LogP contribution in [0.5, 0.6) is 5.75 Å². The molecule has 37 heavy (non-hydrogen) atoms. The summed E-state index contributed by atoms with van der Waals surface area (Å²) in [6.45, 7) is 5.64. The molecule has 0 saturated heterocycles. The van der Waals surface area contributed by atoms with Crippen LogP contribution in [0.15, 0.2) is 84.9 Å². The maximum atomic E-state index is 11.1. The minimum atomic E-state index is -0.775. The predicted molar refractivity (Wildman–Crippen MR) is 153 cm³/mol. The molecule has 0 amide bonds. The molecule has 2 N–H and O–H groups in total. The van der Waals surface area contributed by atoms with E-state index in [4.69, 9.17) is 9.84 Å². The Labute approximate surface area is 224 Å². The lowest BCUT2D eigenvalue weighted by atomic mass is 9.99. The second-order valence-electron chi connectivity index (χ2n) is 9.52. The number of halogens is 1. The van der Waals surface area contributed by atoms with Crippen molar-refractivity contribution in [2.45, 2.75) is 38.8 Å². The van der Waals surface area contributed by atoms with Gasteiger partial charge >= 0.3 is 5.97 Å². The molecule has 1 heterocycles. The second-order valence-corrected chi connectivity index (χ2v) is 9.52. The number of nitrogens with one attached hydrogen (secondary N) is 1. The average Bonchev–Trinajstić information content (AvgIpc) is 2.90. The lowest BCUT2D eigenvalue weighted by Crippen LogP contribution is -2.44. The molecular weight excluding hydrogens is 484 g/mol. The highest BCUT2D eigenvalue weighted by Crippen LogP contribution is 2.38. The van der Waals surface area contributed by atoms with Crippen LogP contribution in [0.1, 0.15) is 36.1 Å². The van der Waals surface area contributed by atoms with Gasteiger partial charge in [-0.25, -0.2) is 0 Å². The minimum absolute atomic E-state index is 0. The Morgan fingerprint density at radius 1 is 1.05 bits per heavy atom. The van der Waals surface area contributed by atoms with Crippen molar-refractivity contribution in [1.82, 2.24) is 5.32 Å². The van der Waals surface area contributed by atoms with Crippen molar-refractivity contribution >= 4 is 40.5 Å². The number of carboxylic acids is 1. The third-order valence-corrected chi connectivity index (χ3v) is 7.03. The van der Waals surface area contributed by atoms with Crippen LogP contribution in [0, 0.1) is 6.92 Å². The number of nitrogens with zero attached hydrogens (tertiary/aromatic N) is 1. The molecule has 1 aliphatic rings. The Kier molecular flexibility index (Phi) is 8.37. The van der Waals surface area contributed by atoms with Gasteiger partial charge in [-0.3, -0.25) is 4.79 Å². The third kappa shape index (κ3) is 5.90. The Balaban J connectivity index is 0.00000320. The largest absolute Gasteiger partial charge is 0.485 e. The Morgan fingerprint density at radius 2 is 1.81 bits per heavy atom. The van der Waals surface area contributed by atoms with E-state index in [9.17, 15) is 4.79 Å². The zero-order valence-electron chi connectivity index (χ0n) is 21.2. The quantitative estimate of drug-likeness (QED) is 0.268. The van der Waals surface area contributed by atoms with Gasteiger partial charge in [0.05, 0.1) is 12.2 Å². The van der Waals surface area contributed by atoms with Crippen LogP contribution in [0.2, 0.25) is 0 Å².